The lowest BCUT2D eigenvalue weighted by Gasteiger charge is -2.31. The summed E-state index contributed by atoms with van der Waals surface area (Å²) < 4.78 is 7.68. The number of rotatable bonds is 6. The number of nitrogens with one attached hydrogen (secondary N) is 1. The quantitative estimate of drug-likeness (QED) is 0.511. The number of carbonyl (C=O) groups excluding carboxylic acids is 3. The van der Waals surface area contributed by atoms with Gasteiger partial charge < -0.3 is 14.6 Å². The Hall–Kier alpha value is -3.33. The van der Waals surface area contributed by atoms with Crippen LogP contribution in [0.25, 0.3) is 10.9 Å². The van der Waals surface area contributed by atoms with E-state index in [4.69, 9.17) is 4.74 Å². The van der Waals surface area contributed by atoms with Gasteiger partial charge in [0.1, 0.15) is 17.0 Å². The molecule has 1 aliphatic rings. The van der Waals surface area contributed by atoms with Crippen molar-refractivity contribution in [1.29, 1.82) is 0 Å². The number of ether oxygens (including phenoxy) is 1. The molecule has 2 amide bonds. The standard InChI is InChI=1S/C26H30N4O4S/c1-17(31)28-12-13-29-15-20(19-9-5-6-10-21(19)29)23(32)22-16-35-24(18-8-7-11-27-14-18)30(22)25(33)34-26(2,3)4/h5-11,14-15,22,24H,12-13,16H2,1-4H3,(H,28,31)/t22-,24?/m0/s1. The van der Waals surface area contributed by atoms with Crippen molar-refractivity contribution in [3.8, 4) is 0 Å². The van der Waals surface area contributed by atoms with Crippen molar-refractivity contribution in [3.63, 3.8) is 0 Å². The molecule has 0 saturated carbocycles. The minimum Gasteiger partial charge on any atom is -0.444 e. The average Bonchev–Trinajstić information content (AvgIpc) is 3.41. The van der Waals surface area contributed by atoms with Crippen molar-refractivity contribution in [2.75, 3.05) is 12.3 Å². The lowest BCUT2D eigenvalue weighted by Crippen LogP contribution is -2.45. The van der Waals surface area contributed by atoms with Crippen LogP contribution in [0.1, 0.15) is 49.0 Å². The summed E-state index contributed by atoms with van der Waals surface area (Å²) in [5.41, 5.74) is 1.60. The Balaban J connectivity index is 1.69. The number of amides is 2. The van der Waals surface area contributed by atoms with Gasteiger partial charge in [0.25, 0.3) is 0 Å². The number of thioether (sulfide) groups is 1. The maximum absolute atomic E-state index is 14.0. The first-order chi connectivity index (χ1) is 16.7. The maximum atomic E-state index is 14.0. The predicted octanol–water partition coefficient (Wildman–Crippen LogP) is 4.41. The van der Waals surface area contributed by atoms with Crippen LogP contribution in [-0.2, 0) is 16.1 Å². The fourth-order valence-corrected chi connectivity index (χ4v) is 5.59. The SMILES string of the molecule is CC(=O)NCCn1cc(C(=O)[C@@H]2CSC(c3cccnc3)N2C(=O)OC(C)(C)C)c2ccccc21. The molecule has 1 fully saturated rings. The molecule has 3 aromatic rings. The highest BCUT2D eigenvalue weighted by Gasteiger charge is 2.45. The fraction of sp³-hybridized carbons (Fsp3) is 0.385. The molecule has 4 rings (SSSR count). The van der Waals surface area contributed by atoms with Crippen LogP contribution < -0.4 is 5.32 Å². The summed E-state index contributed by atoms with van der Waals surface area (Å²) in [5.74, 6) is 0.211. The Labute approximate surface area is 209 Å². The zero-order valence-electron chi connectivity index (χ0n) is 20.4. The van der Waals surface area contributed by atoms with Crippen LogP contribution in [0.2, 0.25) is 0 Å². The summed E-state index contributed by atoms with van der Waals surface area (Å²) in [6, 6.07) is 10.7. The number of hydrogen-bond donors (Lipinski definition) is 1. The van der Waals surface area contributed by atoms with E-state index >= 15 is 0 Å². The first-order valence-electron chi connectivity index (χ1n) is 11.5. The molecule has 1 N–H and O–H groups in total. The molecule has 0 radical (unpaired) electrons. The van der Waals surface area contributed by atoms with E-state index < -0.39 is 17.7 Å². The van der Waals surface area contributed by atoms with Gasteiger partial charge in [0.2, 0.25) is 5.91 Å². The second-order valence-electron chi connectivity index (χ2n) is 9.48. The van der Waals surface area contributed by atoms with Gasteiger partial charge in [0.05, 0.1) is 0 Å². The summed E-state index contributed by atoms with van der Waals surface area (Å²) in [5, 5.41) is 3.24. The summed E-state index contributed by atoms with van der Waals surface area (Å²) >= 11 is 1.53. The topological polar surface area (TPSA) is 93.5 Å². The molecule has 3 heterocycles. The van der Waals surface area contributed by atoms with Crippen LogP contribution in [0, 0.1) is 0 Å². The van der Waals surface area contributed by atoms with E-state index in [-0.39, 0.29) is 17.1 Å². The average molecular weight is 495 g/mol. The summed E-state index contributed by atoms with van der Waals surface area (Å²) in [7, 11) is 0. The number of benzene rings is 1. The highest BCUT2D eigenvalue weighted by molar-refractivity contribution is 7.99. The molecule has 1 aliphatic heterocycles. The third kappa shape index (κ3) is 5.51. The van der Waals surface area contributed by atoms with Crippen LogP contribution in [-0.4, -0.2) is 56.2 Å². The number of ketones is 1. The number of fused-ring (bicyclic) bond motifs is 1. The van der Waals surface area contributed by atoms with E-state index in [2.05, 4.69) is 10.3 Å². The summed E-state index contributed by atoms with van der Waals surface area (Å²) in [6.07, 6.45) is 4.70. The zero-order chi connectivity index (χ0) is 25.2. The van der Waals surface area contributed by atoms with E-state index in [0.29, 0.717) is 24.4 Å². The Morgan fingerprint density at radius 3 is 2.63 bits per heavy atom. The van der Waals surface area contributed by atoms with Crippen molar-refractivity contribution < 1.29 is 19.1 Å². The van der Waals surface area contributed by atoms with Gasteiger partial charge in [-0.2, -0.15) is 0 Å². The van der Waals surface area contributed by atoms with Crippen molar-refractivity contribution in [2.45, 2.75) is 51.3 Å². The number of aromatic nitrogens is 2. The smallest absolute Gasteiger partial charge is 0.412 e. The van der Waals surface area contributed by atoms with Crippen LogP contribution in [0.3, 0.4) is 0 Å². The van der Waals surface area contributed by atoms with Gasteiger partial charge in [0, 0.05) is 66.4 Å². The van der Waals surface area contributed by atoms with E-state index in [9.17, 15) is 14.4 Å². The Bertz CT molecular complexity index is 1240. The molecule has 1 aromatic carbocycles. The van der Waals surface area contributed by atoms with Crippen LogP contribution in [0.15, 0.2) is 55.0 Å². The van der Waals surface area contributed by atoms with Gasteiger partial charge >= 0.3 is 6.09 Å². The monoisotopic (exact) mass is 494 g/mol. The first-order valence-corrected chi connectivity index (χ1v) is 12.6. The van der Waals surface area contributed by atoms with Gasteiger partial charge in [-0.05, 0) is 32.9 Å². The number of Topliss-reactive ketones (excluding diaryl/α,β-unsaturated/α-hetero) is 1. The summed E-state index contributed by atoms with van der Waals surface area (Å²) in [4.78, 5) is 44.3. The molecule has 0 aliphatic carbocycles. The number of carbonyl (C=O) groups is 3. The Kier molecular flexibility index (Phi) is 7.16. The Morgan fingerprint density at radius 1 is 1.17 bits per heavy atom. The van der Waals surface area contributed by atoms with E-state index in [0.717, 1.165) is 16.5 Å². The fourth-order valence-electron chi connectivity index (χ4n) is 4.18. The number of nitrogens with zero attached hydrogens (tertiary/aromatic N) is 3. The highest BCUT2D eigenvalue weighted by Crippen LogP contribution is 2.43. The molecule has 2 aromatic heterocycles. The molecule has 9 heteroatoms. The second-order valence-corrected chi connectivity index (χ2v) is 10.6. The van der Waals surface area contributed by atoms with Gasteiger partial charge in [-0.25, -0.2) is 4.79 Å². The van der Waals surface area contributed by atoms with Gasteiger partial charge in [-0.3, -0.25) is 19.5 Å². The number of para-hydroxylation sites is 1. The maximum Gasteiger partial charge on any atom is 0.412 e. The van der Waals surface area contributed by atoms with Crippen molar-refractivity contribution in [2.24, 2.45) is 0 Å². The normalized spacial score (nSPS) is 18.0. The lowest BCUT2D eigenvalue weighted by atomic mass is 10.0. The predicted molar refractivity (Wildman–Crippen MR) is 136 cm³/mol. The largest absolute Gasteiger partial charge is 0.444 e. The van der Waals surface area contributed by atoms with Crippen LogP contribution >= 0.6 is 11.8 Å². The second kappa shape index (κ2) is 10.1. The number of pyridine rings is 1. The third-order valence-corrected chi connectivity index (χ3v) is 6.98. The van der Waals surface area contributed by atoms with Crippen molar-refractivity contribution in [1.82, 2.24) is 19.8 Å². The van der Waals surface area contributed by atoms with Crippen molar-refractivity contribution >= 4 is 40.4 Å². The van der Waals surface area contributed by atoms with Gasteiger partial charge in [-0.15, -0.1) is 11.8 Å². The van der Waals surface area contributed by atoms with E-state index in [1.54, 1.807) is 17.3 Å². The zero-order valence-corrected chi connectivity index (χ0v) is 21.2. The molecule has 0 spiro atoms. The molecule has 1 saturated heterocycles. The first kappa shape index (κ1) is 24.8. The van der Waals surface area contributed by atoms with Gasteiger partial charge in [0.15, 0.2) is 5.78 Å². The number of hydrogen-bond acceptors (Lipinski definition) is 6. The minimum atomic E-state index is -0.697. The van der Waals surface area contributed by atoms with Gasteiger partial charge in [-0.1, -0.05) is 24.3 Å². The van der Waals surface area contributed by atoms with E-state index in [1.165, 1.54) is 18.7 Å². The molecule has 8 nitrogen and oxygen atoms in total. The van der Waals surface area contributed by atoms with Crippen LogP contribution in [0.4, 0.5) is 4.79 Å². The third-order valence-electron chi connectivity index (χ3n) is 5.66. The molecule has 35 heavy (non-hydrogen) atoms. The lowest BCUT2D eigenvalue weighted by molar-refractivity contribution is -0.118. The minimum absolute atomic E-state index is 0.102. The summed E-state index contributed by atoms with van der Waals surface area (Å²) in [6.45, 7) is 7.89. The molecule has 0 bridgehead atoms. The van der Waals surface area contributed by atoms with E-state index in [1.807, 2.05) is 67.9 Å². The van der Waals surface area contributed by atoms with Crippen molar-refractivity contribution in [3.05, 3.63) is 66.1 Å². The van der Waals surface area contributed by atoms with Crippen LogP contribution in [0.5, 0.6) is 0 Å². The Morgan fingerprint density at radius 2 is 1.94 bits per heavy atom. The molecular formula is C26H30N4O4S. The molecule has 1 unspecified atom stereocenters. The molecule has 184 valence electrons. The highest BCUT2D eigenvalue weighted by atomic mass is 32.2. The molecule has 2 atom stereocenters. The molecular weight excluding hydrogens is 464 g/mol.